The van der Waals surface area contributed by atoms with Crippen LogP contribution in [0.5, 0.6) is 0 Å². The van der Waals surface area contributed by atoms with Crippen LogP contribution < -0.4 is 5.32 Å². The number of hydrogen-bond acceptors (Lipinski definition) is 3. The summed E-state index contributed by atoms with van der Waals surface area (Å²) in [7, 11) is 0. The van der Waals surface area contributed by atoms with E-state index in [1.807, 2.05) is 0 Å². The fourth-order valence-electron chi connectivity index (χ4n) is 3.30. The SMILES string of the molecule is CC[C@H](NC(=O)N1CCC(N2CCCCC2)CC1)C(=O)O. The lowest BCUT2D eigenvalue weighted by Gasteiger charge is -2.40. The highest BCUT2D eigenvalue weighted by atomic mass is 16.4. The molecule has 2 N–H and O–H groups in total. The molecular formula is C15H27N3O3. The maximum atomic E-state index is 12.1. The minimum Gasteiger partial charge on any atom is -0.480 e. The molecule has 0 aromatic heterocycles. The van der Waals surface area contributed by atoms with Crippen LogP contribution in [0.25, 0.3) is 0 Å². The van der Waals surface area contributed by atoms with E-state index in [1.54, 1.807) is 11.8 Å². The van der Waals surface area contributed by atoms with E-state index in [2.05, 4.69) is 10.2 Å². The summed E-state index contributed by atoms with van der Waals surface area (Å²) >= 11 is 0. The lowest BCUT2D eigenvalue weighted by Crippen LogP contribution is -2.53. The number of carboxylic acids is 1. The molecule has 2 amide bonds. The topological polar surface area (TPSA) is 72.9 Å². The van der Waals surface area contributed by atoms with Gasteiger partial charge in [-0.1, -0.05) is 13.3 Å². The molecule has 0 aromatic carbocycles. The third-order valence-corrected chi connectivity index (χ3v) is 4.66. The van der Waals surface area contributed by atoms with E-state index in [0.717, 1.165) is 25.9 Å². The summed E-state index contributed by atoms with van der Waals surface area (Å²) in [4.78, 5) is 27.4. The number of urea groups is 1. The molecule has 120 valence electrons. The average Bonchev–Trinajstić information content (AvgIpc) is 2.53. The maximum absolute atomic E-state index is 12.1. The number of carboxylic acid groups (broad SMARTS) is 1. The number of nitrogens with zero attached hydrogens (tertiary/aromatic N) is 2. The first kappa shape index (κ1) is 16.1. The monoisotopic (exact) mass is 297 g/mol. The Morgan fingerprint density at radius 1 is 1.14 bits per heavy atom. The van der Waals surface area contributed by atoms with Crippen LogP contribution in [0.3, 0.4) is 0 Å². The fraction of sp³-hybridized carbons (Fsp3) is 0.867. The number of hydrogen-bond donors (Lipinski definition) is 2. The third-order valence-electron chi connectivity index (χ3n) is 4.66. The Morgan fingerprint density at radius 2 is 1.76 bits per heavy atom. The van der Waals surface area contributed by atoms with Gasteiger partial charge >= 0.3 is 12.0 Å². The van der Waals surface area contributed by atoms with E-state index in [-0.39, 0.29) is 6.03 Å². The molecule has 2 heterocycles. The minimum absolute atomic E-state index is 0.235. The van der Waals surface area contributed by atoms with E-state index in [4.69, 9.17) is 5.11 Å². The van der Waals surface area contributed by atoms with Gasteiger partial charge in [-0.25, -0.2) is 9.59 Å². The summed E-state index contributed by atoms with van der Waals surface area (Å²) in [5, 5.41) is 11.6. The second kappa shape index (κ2) is 7.64. The molecular weight excluding hydrogens is 270 g/mol. The summed E-state index contributed by atoms with van der Waals surface area (Å²) in [6, 6.07) is -0.422. The van der Waals surface area contributed by atoms with Gasteiger partial charge in [-0.05, 0) is 45.2 Å². The van der Waals surface area contributed by atoms with Crippen molar-refractivity contribution in [2.24, 2.45) is 0 Å². The number of likely N-dealkylation sites (tertiary alicyclic amines) is 2. The average molecular weight is 297 g/mol. The second-order valence-electron chi connectivity index (χ2n) is 6.06. The zero-order valence-electron chi connectivity index (χ0n) is 12.9. The summed E-state index contributed by atoms with van der Waals surface area (Å²) < 4.78 is 0. The largest absolute Gasteiger partial charge is 0.480 e. The number of aliphatic carboxylic acids is 1. The Labute approximate surface area is 126 Å². The molecule has 2 aliphatic heterocycles. The Hall–Kier alpha value is -1.30. The zero-order chi connectivity index (χ0) is 15.2. The summed E-state index contributed by atoms with van der Waals surface area (Å²) in [5.74, 6) is -0.964. The lowest BCUT2D eigenvalue weighted by atomic mass is 10.00. The Bertz CT molecular complexity index is 361. The summed E-state index contributed by atoms with van der Waals surface area (Å²) in [6.07, 6.45) is 6.32. The Kier molecular flexibility index (Phi) is 5.85. The van der Waals surface area contributed by atoms with Crippen LogP contribution in [0.2, 0.25) is 0 Å². The van der Waals surface area contributed by atoms with Crippen molar-refractivity contribution in [3.63, 3.8) is 0 Å². The quantitative estimate of drug-likeness (QED) is 0.825. The number of amides is 2. The van der Waals surface area contributed by atoms with Gasteiger partial charge in [0.05, 0.1) is 0 Å². The van der Waals surface area contributed by atoms with Crippen molar-refractivity contribution >= 4 is 12.0 Å². The van der Waals surface area contributed by atoms with E-state index >= 15 is 0 Å². The molecule has 0 bridgehead atoms. The van der Waals surface area contributed by atoms with Gasteiger partial charge in [0.1, 0.15) is 6.04 Å². The summed E-state index contributed by atoms with van der Waals surface area (Å²) in [5.41, 5.74) is 0. The standard InChI is InChI=1S/C15H27N3O3/c1-2-13(14(19)20)16-15(21)18-10-6-12(7-11-18)17-8-4-3-5-9-17/h12-13H,2-11H2,1H3,(H,16,21)(H,19,20)/t13-/m0/s1. The lowest BCUT2D eigenvalue weighted by molar-refractivity contribution is -0.139. The van der Waals surface area contributed by atoms with Gasteiger partial charge in [-0.15, -0.1) is 0 Å². The van der Waals surface area contributed by atoms with Crippen molar-refractivity contribution < 1.29 is 14.7 Å². The van der Waals surface area contributed by atoms with E-state index in [9.17, 15) is 9.59 Å². The highest BCUT2D eigenvalue weighted by molar-refractivity contribution is 5.82. The van der Waals surface area contributed by atoms with Crippen LogP contribution >= 0.6 is 0 Å². The molecule has 2 fully saturated rings. The van der Waals surface area contributed by atoms with Crippen molar-refractivity contribution in [1.82, 2.24) is 15.1 Å². The first-order chi connectivity index (χ1) is 10.1. The molecule has 0 spiro atoms. The Morgan fingerprint density at radius 3 is 2.29 bits per heavy atom. The molecule has 2 rings (SSSR count). The number of piperidine rings is 2. The molecule has 2 aliphatic rings. The van der Waals surface area contributed by atoms with Gasteiger partial charge in [-0.3, -0.25) is 0 Å². The normalized spacial score (nSPS) is 22.8. The highest BCUT2D eigenvalue weighted by Gasteiger charge is 2.29. The van der Waals surface area contributed by atoms with Crippen molar-refractivity contribution in [3.05, 3.63) is 0 Å². The van der Waals surface area contributed by atoms with Crippen LogP contribution in [0.4, 0.5) is 4.79 Å². The molecule has 0 aromatic rings. The fourth-order valence-corrected chi connectivity index (χ4v) is 3.30. The van der Waals surface area contributed by atoms with Gasteiger partial charge in [0, 0.05) is 19.1 Å². The first-order valence-electron chi connectivity index (χ1n) is 8.14. The van der Waals surface area contributed by atoms with Gasteiger partial charge in [-0.2, -0.15) is 0 Å². The molecule has 6 nitrogen and oxygen atoms in total. The molecule has 0 radical (unpaired) electrons. The van der Waals surface area contributed by atoms with E-state index in [0.29, 0.717) is 12.5 Å². The van der Waals surface area contributed by atoms with E-state index < -0.39 is 12.0 Å². The van der Waals surface area contributed by atoms with Crippen LogP contribution in [0.15, 0.2) is 0 Å². The zero-order valence-corrected chi connectivity index (χ0v) is 12.9. The van der Waals surface area contributed by atoms with Crippen LogP contribution in [-0.4, -0.2) is 65.2 Å². The minimum atomic E-state index is -0.964. The first-order valence-corrected chi connectivity index (χ1v) is 8.14. The predicted octanol–water partition coefficient (Wildman–Crippen LogP) is 1.51. The van der Waals surface area contributed by atoms with Gasteiger partial charge in [0.25, 0.3) is 0 Å². The molecule has 2 saturated heterocycles. The molecule has 0 aliphatic carbocycles. The van der Waals surface area contributed by atoms with Crippen molar-refractivity contribution in [2.45, 2.75) is 57.5 Å². The van der Waals surface area contributed by atoms with Gasteiger partial charge in [0.2, 0.25) is 0 Å². The van der Waals surface area contributed by atoms with Crippen molar-refractivity contribution in [1.29, 1.82) is 0 Å². The number of rotatable bonds is 4. The molecule has 21 heavy (non-hydrogen) atoms. The maximum Gasteiger partial charge on any atom is 0.326 e. The number of nitrogens with one attached hydrogen (secondary N) is 1. The third kappa shape index (κ3) is 4.33. The second-order valence-corrected chi connectivity index (χ2v) is 6.06. The van der Waals surface area contributed by atoms with E-state index in [1.165, 1.54) is 32.4 Å². The Balaban J connectivity index is 1.77. The predicted molar refractivity (Wildman–Crippen MR) is 80.3 cm³/mol. The van der Waals surface area contributed by atoms with Crippen molar-refractivity contribution in [3.8, 4) is 0 Å². The van der Waals surface area contributed by atoms with Crippen LogP contribution in [-0.2, 0) is 4.79 Å². The van der Waals surface area contributed by atoms with Gasteiger partial charge in [0.15, 0.2) is 0 Å². The van der Waals surface area contributed by atoms with Crippen molar-refractivity contribution in [2.75, 3.05) is 26.2 Å². The summed E-state index contributed by atoms with van der Waals surface area (Å²) in [6.45, 7) is 5.59. The smallest absolute Gasteiger partial charge is 0.326 e. The molecule has 0 saturated carbocycles. The number of carbonyl (C=O) groups excluding carboxylic acids is 1. The van der Waals surface area contributed by atoms with Gasteiger partial charge < -0.3 is 20.2 Å². The van der Waals surface area contributed by atoms with Crippen LogP contribution in [0.1, 0.15) is 45.4 Å². The molecule has 1 atom stereocenters. The molecule has 6 heteroatoms. The molecule has 0 unspecified atom stereocenters. The highest BCUT2D eigenvalue weighted by Crippen LogP contribution is 2.20. The van der Waals surface area contributed by atoms with Crippen LogP contribution in [0, 0.1) is 0 Å². The number of carbonyl (C=O) groups is 2.